The van der Waals surface area contributed by atoms with E-state index in [9.17, 15) is 4.39 Å². The van der Waals surface area contributed by atoms with Gasteiger partial charge in [-0.15, -0.1) is 0 Å². The van der Waals surface area contributed by atoms with Gasteiger partial charge in [-0.3, -0.25) is 0 Å². The van der Waals surface area contributed by atoms with E-state index in [-0.39, 0.29) is 5.82 Å². The van der Waals surface area contributed by atoms with Crippen molar-refractivity contribution in [2.75, 3.05) is 43.1 Å². The molecule has 0 saturated carbocycles. The summed E-state index contributed by atoms with van der Waals surface area (Å²) in [6.45, 7) is 5.40. The second-order valence-electron chi connectivity index (χ2n) is 7.96. The second kappa shape index (κ2) is 8.90. The van der Waals surface area contributed by atoms with Crippen LogP contribution in [0.4, 0.5) is 16.0 Å². The third-order valence-electron chi connectivity index (χ3n) is 5.91. The van der Waals surface area contributed by atoms with Crippen LogP contribution in [0.15, 0.2) is 67.0 Å². The summed E-state index contributed by atoms with van der Waals surface area (Å²) in [6.07, 6.45) is 3.72. The number of hydrogen-bond donors (Lipinski definition) is 0. The number of anilines is 2. The van der Waals surface area contributed by atoms with Crippen molar-refractivity contribution in [3.8, 4) is 22.7 Å². The molecule has 0 bridgehead atoms. The van der Waals surface area contributed by atoms with Gasteiger partial charge < -0.3 is 14.5 Å². The highest BCUT2D eigenvalue weighted by Crippen LogP contribution is 2.25. The fraction of sp³-hybridized carbons (Fsp3) is 0.240. The number of nitrogens with zero attached hydrogens (tertiary/aromatic N) is 6. The molecule has 33 heavy (non-hydrogen) atoms. The van der Waals surface area contributed by atoms with Crippen LogP contribution in [0.25, 0.3) is 16.9 Å². The molecule has 2 aromatic heterocycles. The summed E-state index contributed by atoms with van der Waals surface area (Å²) in [7, 11) is 1.68. The number of aryl methyl sites for hydroxylation is 1. The Morgan fingerprint density at radius 2 is 1.52 bits per heavy atom. The zero-order chi connectivity index (χ0) is 22.8. The molecule has 1 saturated heterocycles. The summed E-state index contributed by atoms with van der Waals surface area (Å²) in [5, 5.41) is 4.59. The molecule has 8 heteroatoms. The number of piperazine rings is 1. The number of hydrogen-bond acceptors (Lipinski definition) is 6. The van der Waals surface area contributed by atoms with Gasteiger partial charge in [0.2, 0.25) is 5.95 Å². The molecule has 1 fully saturated rings. The van der Waals surface area contributed by atoms with Crippen LogP contribution < -0.4 is 14.5 Å². The molecule has 168 valence electrons. The Bertz CT molecular complexity index is 1230. The predicted octanol–water partition coefficient (Wildman–Crippen LogP) is 4.11. The van der Waals surface area contributed by atoms with Crippen LogP contribution in [0.2, 0.25) is 0 Å². The average Bonchev–Trinajstić information content (AvgIpc) is 3.26. The molecule has 4 aromatic rings. The van der Waals surface area contributed by atoms with Crippen LogP contribution in [0.1, 0.15) is 5.69 Å². The maximum Gasteiger partial charge on any atom is 0.225 e. The van der Waals surface area contributed by atoms with Crippen molar-refractivity contribution in [1.82, 2.24) is 19.7 Å². The Balaban J connectivity index is 1.31. The van der Waals surface area contributed by atoms with E-state index in [1.165, 1.54) is 17.8 Å². The molecule has 1 aliphatic heterocycles. The van der Waals surface area contributed by atoms with E-state index in [0.717, 1.165) is 60.5 Å². The minimum Gasteiger partial charge on any atom is -0.497 e. The summed E-state index contributed by atoms with van der Waals surface area (Å²) in [4.78, 5) is 13.9. The summed E-state index contributed by atoms with van der Waals surface area (Å²) in [6, 6.07) is 16.3. The smallest absolute Gasteiger partial charge is 0.225 e. The number of benzene rings is 2. The third kappa shape index (κ3) is 4.37. The first-order valence-electron chi connectivity index (χ1n) is 10.9. The van der Waals surface area contributed by atoms with Crippen molar-refractivity contribution < 1.29 is 9.13 Å². The molecule has 2 aromatic carbocycles. The first kappa shape index (κ1) is 20.9. The summed E-state index contributed by atoms with van der Waals surface area (Å²) in [5.41, 5.74) is 4.60. The van der Waals surface area contributed by atoms with Crippen LogP contribution in [0.3, 0.4) is 0 Å². The van der Waals surface area contributed by atoms with Gasteiger partial charge >= 0.3 is 0 Å². The molecule has 3 heterocycles. The van der Waals surface area contributed by atoms with E-state index in [1.807, 2.05) is 31.3 Å². The third-order valence-corrected chi connectivity index (χ3v) is 5.91. The maximum absolute atomic E-state index is 13.3. The largest absolute Gasteiger partial charge is 0.497 e. The van der Waals surface area contributed by atoms with Gasteiger partial charge in [0.1, 0.15) is 11.6 Å². The van der Waals surface area contributed by atoms with E-state index >= 15 is 0 Å². The predicted molar refractivity (Wildman–Crippen MR) is 127 cm³/mol. The Morgan fingerprint density at radius 1 is 0.848 bits per heavy atom. The van der Waals surface area contributed by atoms with E-state index in [4.69, 9.17) is 9.72 Å². The molecule has 0 spiro atoms. The molecular formula is C25H25FN6O. The lowest BCUT2D eigenvalue weighted by molar-refractivity contribution is 0.415. The Kier molecular flexibility index (Phi) is 5.64. The number of halogens is 1. The molecule has 0 atom stereocenters. The van der Waals surface area contributed by atoms with Crippen molar-refractivity contribution in [2.24, 2.45) is 0 Å². The van der Waals surface area contributed by atoms with Gasteiger partial charge in [0.05, 0.1) is 24.2 Å². The normalized spacial score (nSPS) is 13.9. The SMILES string of the molecule is COc1ccc(N2CCN(c3nccc(-c4cn(-c5ccc(F)cc5)nc4C)n3)CC2)cc1. The molecule has 5 rings (SSSR count). The first-order chi connectivity index (χ1) is 16.1. The topological polar surface area (TPSA) is 59.3 Å². The van der Waals surface area contributed by atoms with Crippen LogP contribution in [-0.2, 0) is 0 Å². The molecule has 0 amide bonds. The number of ether oxygens (including phenoxy) is 1. The lowest BCUT2D eigenvalue weighted by atomic mass is 10.2. The van der Waals surface area contributed by atoms with Gasteiger partial charge in [-0.05, 0) is 61.5 Å². The number of aromatic nitrogens is 4. The summed E-state index contributed by atoms with van der Waals surface area (Å²) >= 11 is 0. The van der Waals surface area contributed by atoms with Crippen molar-refractivity contribution >= 4 is 11.6 Å². The lowest BCUT2D eigenvalue weighted by Gasteiger charge is -2.36. The van der Waals surface area contributed by atoms with Crippen molar-refractivity contribution in [1.29, 1.82) is 0 Å². The van der Waals surface area contributed by atoms with E-state index in [1.54, 1.807) is 30.1 Å². The Labute approximate surface area is 192 Å². The quantitative estimate of drug-likeness (QED) is 0.462. The Hall–Kier alpha value is -3.94. The maximum atomic E-state index is 13.3. The second-order valence-corrected chi connectivity index (χ2v) is 7.96. The first-order valence-corrected chi connectivity index (χ1v) is 10.9. The Morgan fingerprint density at radius 3 is 2.21 bits per heavy atom. The van der Waals surface area contributed by atoms with Gasteiger partial charge in [0.25, 0.3) is 0 Å². The number of methoxy groups -OCH3 is 1. The van der Waals surface area contributed by atoms with Gasteiger partial charge in [-0.1, -0.05) is 0 Å². The van der Waals surface area contributed by atoms with Gasteiger partial charge in [-0.2, -0.15) is 5.10 Å². The van der Waals surface area contributed by atoms with E-state index < -0.39 is 0 Å². The molecule has 0 aliphatic carbocycles. The highest BCUT2D eigenvalue weighted by atomic mass is 19.1. The zero-order valence-corrected chi connectivity index (χ0v) is 18.6. The zero-order valence-electron chi connectivity index (χ0n) is 18.6. The molecule has 1 aliphatic rings. The summed E-state index contributed by atoms with van der Waals surface area (Å²) < 4.78 is 20.3. The van der Waals surface area contributed by atoms with Crippen LogP contribution in [0.5, 0.6) is 5.75 Å². The molecule has 0 unspecified atom stereocenters. The molecular weight excluding hydrogens is 419 g/mol. The summed E-state index contributed by atoms with van der Waals surface area (Å²) in [5.74, 6) is 1.31. The highest BCUT2D eigenvalue weighted by Gasteiger charge is 2.20. The minimum absolute atomic E-state index is 0.268. The van der Waals surface area contributed by atoms with Crippen LogP contribution in [0, 0.1) is 12.7 Å². The highest BCUT2D eigenvalue weighted by molar-refractivity contribution is 5.63. The van der Waals surface area contributed by atoms with Gasteiger partial charge in [0, 0.05) is 49.8 Å². The van der Waals surface area contributed by atoms with Crippen molar-refractivity contribution in [3.63, 3.8) is 0 Å². The molecule has 0 N–H and O–H groups in total. The monoisotopic (exact) mass is 444 g/mol. The van der Waals surface area contributed by atoms with Crippen LogP contribution >= 0.6 is 0 Å². The van der Waals surface area contributed by atoms with Gasteiger partial charge in [-0.25, -0.2) is 19.0 Å². The minimum atomic E-state index is -0.268. The lowest BCUT2D eigenvalue weighted by Crippen LogP contribution is -2.47. The molecule has 0 radical (unpaired) electrons. The fourth-order valence-corrected chi connectivity index (χ4v) is 4.05. The average molecular weight is 445 g/mol. The number of rotatable bonds is 5. The molecule has 7 nitrogen and oxygen atoms in total. The van der Waals surface area contributed by atoms with Crippen LogP contribution in [-0.4, -0.2) is 53.0 Å². The fourth-order valence-electron chi connectivity index (χ4n) is 4.05. The standard InChI is InChI=1S/C25H25FN6O/c1-18-23(17-32(29-18)21-5-3-19(26)4-6-21)24-11-12-27-25(28-24)31-15-13-30(14-16-31)20-7-9-22(33-2)10-8-20/h3-12,17H,13-16H2,1-2H3. The van der Waals surface area contributed by atoms with E-state index in [0.29, 0.717) is 0 Å². The van der Waals surface area contributed by atoms with Crippen molar-refractivity contribution in [3.05, 3.63) is 78.5 Å². The van der Waals surface area contributed by atoms with E-state index in [2.05, 4.69) is 32.0 Å². The van der Waals surface area contributed by atoms with Crippen molar-refractivity contribution in [2.45, 2.75) is 6.92 Å². The van der Waals surface area contributed by atoms with Gasteiger partial charge in [0.15, 0.2) is 0 Å².